The summed E-state index contributed by atoms with van der Waals surface area (Å²) < 4.78 is 18.4. The van der Waals surface area contributed by atoms with Gasteiger partial charge in [-0.1, -0.05) is 0 Å². The summed E-state index contributed by atoms with van der Waals surface area (Å²) in [6.07, 6.45) is 1.83. The Bertz CT molecular complexity index is 408. The van der Waals surface area contributed by atoms with Crippen LogP contribution in [0.2, 0.25) is 0 Å². The molecule has 1 heterocycles. The van der Waals surface area contributed by atoms with Crippen molar-refractivity contribution in [3.8, 4) is 6.07 Å². The van der Waals surface area contributed by atoms with Crippen LogP contribution in [0.5, 0.6) is 0 Å². The molecule has 1 aliphatic heterocycles. The summed E-state index contributed by atoms with van der Waals surface area (Å²) in [5.41, 5.74) is 1.01. The highest BCUT2D eigenvalue weighted by atomic mass is 19.1. The van der Waals surface area contributed by atoms with Crippen LogP contribution in [-0.4, -0.2) is 19.3 Å². The maximum Gasteiger partial charge on any atom is 0.126 e. The van der Waals surface area contributed by atoms with E-state index < -0.39 is 0 Å². The Hall–Kier alpha value is -1.60. The van der Waals surface area contributed by atoms with Crippen molar-refractivity contribution < 1.29 is 9.13 Å². The number of benzene rings is 1. The fraction of sp³-hybridized carbons (Fsp3) is 0.417. The number of hydrogen-bond acceptors (Lipinski definition) is 3. The summed E-state index contributed by atoms with van der Waals surface area (Å²) in [5.74, 6) is -0.381. The number of anilines is 1. The molecule has 1 aliphatic rings. The van der Waals surface area contributed by atoms with Crippen LogP contribution in [-0.2, 0) is 4.74 Å². The normalized spacial score (nSPS) is 16.8. The zero-order valence-corrected chi connectivity index (χ0v) is 8.87. The maximum atomic E-state index is 13.2. The number of ether oxygens (including phenoxy) is 1. The third kappa shape index (κ3) is 2.71. The minimum absolute atomic E-state index is 0.307. The predicted molar refractivity (Wildman–Crippen MR) is 58.6 cm³/mol. The third-order valence-corrected chi connectivity index (χ3v) is 2.62. The Labute approximate surface area is 93.8 Å². The van der Waals surface area contributed by atoms with Gasteiger partial charge < -0.3 is 10.1 Å². The van der Waals surface area contributed by atoms with E-state index in [9.17, 15) is 4.39 Å². The molecule has 1 fully saturated rings. The Kier molecular flexibility index (Phi) is 3.37. The fourth-order valence-electron chi connectivity index (χ4n) is 1.82. The first-order valence-electron chi connectivity index (χ1n) is 5.33. The first-order valence-corrected chi connectivity index (χ1v) is 5.33. The van der Waals surface area contributed by atoms with E-state index in [4.69, 9.17) is 10.00 Å². The summed E-state index contributed by atoms with van der Waals surface area (Å²) in [5, 5.41) is 12.0. The average Bonchev–Trinajstić information content (AvgIpc) is 2.29. The average molecular weight is 220 g/mol. The highest BCUT2D eigenvalue weighted by molar-refractivity contribution is 5.50. The standard InChI is InChI=1S/C12H13FN2O/c13-10-5-9(8-14)6-12(7-10)15-11-1-3-16-4-2-11/h5-7,11,15H,1-4H2. The van der Waals surface area contributed by atoms with Crippen molar-refractivity contribution in [1.82, 2.24) is 0 Å². The van der Waals surface area contributed by atoms with E-state index in [1.165, 1.54) is 12.1 Å². The summed E-state index contributed by atoms with van der Waals surface area (Å²) >= 11 is 0. The molecule has 0 aromatic heterocycles. The molecule has 0 atom stereocenters. The van der Waals surface area contributed by atoms with Crippen molar-refractivity contribution in [3.05, 3.63) is 29.6 Å². The van der Waals surface area contributed by atoms with Gasteiger partial charge in [-0.15, -0.1) is 0 Å². The lowest BCUT2D eigenvalue weighted by Gasteiger charge is -2.24. The van der Waals surface area contributed by atoms with Crippen molar-refractivity contribution in [3.63, 3.8) is 0 Å². The molecule has 1 aromatic rings. The van der Waals surface area contributed by atoms with Crippen LogP contribution in [0.3, 0.4) is 0 Å². The van der Waals surface area contributed by atoms with Gasteiger partial charge in [0, 0.05) is 24.9 Å². The maximum absolute atomic E-state index is 13.2. The lowest BCUT2D eigenvalue weighted by molar-refractivity contribution is 0.0904. The number of hydrogen-bond donors (Lipinski definition) is 1. The Morgan fingerprint density at radius 1 is 1.31 bits per heavy atom. The van der Waals surface area contributed by atoms with Gasteiger partial charge >= 0.3 is 0 Å². The fourth-order valence-corrected chi connectivity index (χ4v) is 1.82. The minimum Gasteiger partial charge on any atom is -0.382 e. The molecule has 4 heteroatoms. The van der Waals surface area contributed by atoms with Crippen LogP contribution in [0.4, 0.5) is 10.1 Å². The van der Waals surface area contributed by atoms with Crippen molar-refractivity contribution in [2.45, 2.75) is 18.9 Å². The number of rotatable bonds is 2. The van der Waals surface area contributed by atoms with Crippen LogP contribution in [0.25, 0.3) is 0 Å². The van der Waals surface area contributed by atoms with Crippen molar-refractivity contribution in [2.75, 3.05) is 18.5 Å². The molecule has 0 aliphatic carbocycles. The molecule has 0 saturated carbocycles. The zero-order chi connectivity index (χ0) is 11.4. The van der Waals surface area contributed by atoms with Crippen LogP contribution >= 0.6 is 0 Å². The summed E-state index contributed by atoms with van der Waals surface area (Å²) in [7, 11) is 0. The molecular weight excluding hydrogens is 207 g/mol. The van der Waals surface area contributed by atoms with E-state index in [1.807, 2.05) is 6.07 Å². The van der Waals surface area contributed by atoms with E-state index in [0.29, 0.717) is 17.3 Å². The van der Waals surface area contributed by atoms with Crippen molar-refractivity contribution >= 4 is 5.69 Å². The highest BCUT2D eigenvalue weighted by Gasteiger charge is 2.13. The van der Waals surface area contributed by atoms with Gasteiger partial charge in [0.05, 0.1) is 11.6 Å². The lowest BCUT2D eigenvalue weighted by atomic mass is 10.1. The molecule has 2 rings (SSSR count). The Morgan fingerprint density at radius 3 is 2.75 bits per heavy atom. The highest BCUT2D eigenvalue weighted by Crippen LogP contribution is 2.18. The second kappa shape index (κ2) is 4.95. The van der Waals surface area contributed by atoms with Crippen molar-refractivity contribution in [1.29, 1.82) is 5.26 Å². The topological polar surface area (TPSA) is 45.0 Å². The van der Waals surface area contributed by atoms with Gasteiger partial charge in [0.2, 0.25) is 0 Å². The van der Waals surface area contributed by atoms with Crippen molar-refractivity contribution in [2.24, 2.45) is 0 Å². The van der Waals surface area contributed by atoms with Gasteiger partial charge in [-0.05, 0) is 31.0 Å². The van der Waals surface area contributed by atoms with Crippen LogP contribution in [0.15, 0.2) is 18.2 Å². The van der Waals surface area contributed by atoms with Gasteiger partial charge in [-0.2, -0.15) is 5.26 Å². The molecule has 0 amide bonds. The van der Waals surface area contributed by atoms with E-state index in [-0.39, 0.29) is 5.82 Å². The summed E-state index contributed by atoms with van der Waals surface area (Å²) in [6.45, 7) is 1.47. The molecule has 0 radical (unpaired) electrons. The molecule has 0 bridgehead atoms. The third-order valence-electron chi connectivity index (χ3n) is 2.62. The second-order valence-electron chi connectivity index (χ2n) is 3.87. The Morgan fingerprint density at radius 2 is 2.06 bits per heavy atom. The molecule has 1 saturated heterocycles. The molecule has 16 heavy (non-hydrogen) atoms. The van der Waals surface area contributed by atoms with Gasteiger partial charge in [-0.25, -0.2) is 4.39 Å². The molecular formula is C12H13FN2O. The minimum atomic E-state index is -0.381. The quantitative estimate of drug-likeness (QED) is 0.831. The second-order valence-corrected chi connectivity index (χ2v) is 3.87. The molecule has 0 unspecified atom stereocenters. The van der Waals surface area contributed by atoms with Gasteiger partial charge in [0.25, 0.3) is 0 Å². The zero-order valence-electron chi connectivity index (χ0n) is 8.87. The van der Waals surface area contributed by atoms with Crippen LogP contribution in [0.1, 0.15) is 18.4 Å². The van der Waals surface area contributed by atoms with Crippen LogP contribution in [0, 0.1) is 17.1 Å². The summed E-state index contributed by atoms with van der Waals surface area (Å²) in [6, 6.07) is 6.56. The van der Waals surface area contributed by atoms with Gasteiger partial charge in [0.15, 0.2) is 0 Å². The molecule has 1 aromatic carbocycles. The van der Waals surface area contributed by atoms with E-state index >= 15 is 0 Å². The largest absolute Gasteiger partial charge is 0.382 e. The number of nitrogens with zero attached hydrogens (tertiary/aromatic N) is 1. The predicted octanol–water partition coefficient (Wildman–Crippen LogP) is 2.29. The van der Waals surface area contributed by atoms with E-state index in [0.717, 1.165) is 26.1 Å². The van der Waals surface area contributed by atoms with Crippen LogP contribution < -0.4 is 5.32 Å². The number of nitriles is 1. The lowest BCUT2D eigenvalue weighted by Crippen LogP contribution is -2.27. The van der Waals surface area contributed by atoms with Gasteiger partial charge in [-0.3, -0.25) is 0 Å². The van der Waals surface area contributed by atoms with Gasteiger partial charge in [0.1, 0.15) is 5.82 Å². The molecule has 1 N–H and O–H groups in total. The number of nitrogens with one attached hydrogen (secondary N) is 1. The van der Waals surface area contributed by atoms with E-state index in [1.54, 1.807) is 6.07 Å². The SMILES string of the molecule is N#Cc1cc(F)cc(NC2CCOCC2)c1. The molecule has 0 spiro atoms. The Balaban J connectivity index is 2.08. The first kappa shape index (κ1) is 10.9. The molecule has 84 valence electrons. The van der Waals surface area contributed by atoms with E-state index in [2.05, 4.69) is 5.32 Å². The first-order chi connectivity index (χ1) is 7.78. The smallest absolute Gasteiger partial charge is 0.126 e. The number of halogens is 1. The summed E-state index contributed by atoms with van der Waals surface area (Å²) in [4.78, 5) is 0. The monoisotopic (exact) mass is 220 g/mol. The molecule has 3 nitrogen and oxygen atoms in total.